The van der Waals surface area contributed by atoms with Crippen molar-refractivity contribution in [2.24, 2.45) is 19.1 Å². The number of ether oxygens (including phenoxy) is 1. The van der Waals surface area contributed by atoms with Gasteiger partial charge in [-0.05, 0) is 26.2 Å². The largest absolute Gasteiger partial charge is 0.385 e. The maximum Gasteiger partial charge on any atom is 0.191 e. The lowest BCUT2D eigenvalue weighted by atomic mass is 10.1. The van der Waals surface area contributed by atoms with Crippen LogP contribution in [0.15, 0.2) is 4.99 Å². The van der Waals surface area contributed by atoms with Crippen LogP contribution in [0, 0.1) is 6.92 Å². The van der Waals surface area contributed by atoms with E-state index in [0.717, 1.165) is 49.1 Å². The van der Waals surface area contributed by atoms with Crippen LogP contribution in [0.3, 0.4) is 0 Å². The summed E-state index contributed by atoms with van der Waals surface area (Å²) in [5, 5.41) is 19.7. The van der Waals surface area contributed by atoms with Crippen LogP contribution >= 0.6 is 24.0 Å². The molecule has 0 radical (unpaired) electrons. The Morgan fingerprint density at radius 2 is 1.90 bits per heavy atom. The van der Waals surface area contributed by atoms with E-state index in [1.54, 1.807) is 7.11 Å². The summed E-state index contributed by atoms with van der Waals surface area (Å²) in [4.78, 5) is 4.82. The van der Waals surface area contributed by atoms with Crippen molar-refractivity contribution in [2.75, 3.05) is 20.3 Å². The van der Waals surface area contributed by atoms with Crippen LogP contribution in [0.25, 0.3) is 0 Å². The molecule has 9 nitrogen and oxygen atoms in total. The minimum atomic E-state index is 0. The normalized spacial score (nSPS) is 11.4. The number of nitrogens with zero attached hydrogens (tertiary/aromatic N) is 6. The average Bonchev–Trinajstić information content (AvgIpc) is 3.18. The van der Waals surface area contributed by atoms with E-state index in [2.05, 4.69) is 39.8 Å². The molecule has 0 atom stereocenters. The summed E-state index contributed by atoms with van der Waals surface area (Å²) in [5.41, 5.74) is 3.58. The van der Waals surface area contributed by atoms with Gasteiger partial charge < -0.3 is 19.9 Å². The highest BCUT2D eigenvalue weighted by Gasteiger charge is 2.13. The number of aliphatic imine (C=N–C) groups is 1. The summed E-state index contributed by atoms with van der Waals surface area (Å²) in [5.74, 6) is 2.51. The molecule has 0 saturated carbocycles. The molecule has 0 aliphatic carbocycles. The Hall–Kier alpha value is -1.69. The van der Waals surface area contributed by atoms with E-state index in [1.807, 2.05) is 30.3 Å². The number of guanidine groups is 1. The molecule has 164 valence electrons. The molecule has 0 aromatic carbocycles. The summed E-state index contributed by atoms with van der Waals surface area (Å²) in [6, 6.07) is 0. The van der Waals surface area contributed by atoms with Crippen molar-refractivity contribution in [1.29, 1.82) is 0 Å². The van der Waals surface area contributed by atoms with Gasteiger partial charge in [-0.2, -0.15) is 5.10 Å². The third-order valence-corrected chi connectivity index (χ3v) is 4.84. The third kappa shape index (κ3) is 6.95. The summed E-state index contributed by atoms with van der Waals surface area (Å²) in [6.07, 6.45) is 2.76. The molecule has 2 rings (SSSR count). The number of aryl methyl sites for hydroxylation is 3. The third-order valence-electron chi connectivity index (χ3n) is 4.84. The number of halogens is 1. The van der Waals surface area contributed by atoms with E-state index in [9.17, 15) is 0 Å². The minimum absolute atomic E-state index is 0. The van der Waals surface area contributed by atoms with Gasteiger partial charge in [0, 0.05) is 45.6 Å². The number of methoxy groups -OCH3 is 1. The lowest BCUT2D eigenvalue weighted by Crippen LogP contribution is -2.38. The first kappa shape index (κ1) is 25.3. The molecule has 2 heterocycles. The first-order chi connectivity index (χ1) is 13.5. The standard InChI is InChI=1S/C19H34N8O.HI/c1-7-16-15(17(8-2)27(5)25-16)12-21-19(20-10-9-11-28-6)22-13-18-24-23-14(3)26(18)4;/h7-13H2,1-6H3,(H2,20,21,22);1H. The van der Waals surface area contributed by atoms with Gasteiger partial charge in [0.1, 0.15) is 5.82 Å². The van der Waals surface area contributed by atoms with Crippen molar-refractivity contribution >= 4 is 29.9 Å². The molecule has 2 aromatic rings. The van der Waals surface area contributed by atoms with Crippen molar-refractivity contribution in [2.45, 2.75) is 53.1 Å². The van der Waals surface area contributed by atoms with Gasteiger partial charge in [0.2, 0.25) is 0 Å². The first-order valence-electron chi connectivity index (χ1n) is 9.91. The highest BCUT2D eigenvalue weighted by atomic mass is 127. The highest BCUT2D eigenvalue weighted by Crippen LogP contribution is 2.16. The van der Waals surface area contributed by atoms with E-state index in [1.165, 1.54) is 11.3 Å². The van der Waals surface area contributed by atoms with E-state index < -0.39 is 0 Å². The molecular formula is C19H35IN8O. The number of aromatic nitrogens is 5. The van der Waals surface area contributed by atoms with Gasteiger partial charge in [-0.1, -0.05) is 13.8 Å². The van der Waals surface area contributed by atoms with Crippen molar-refractivity contribution < 1.29 is 4.74 Å². The highest BCUT2D eigenvalue weighted by molar-refractivity contribution is 14.0. The molecule has 0 aliphatic heterocycles. The van der Waals surface area contributed by atoms with E-state index in [-0.39, 0.29) is 24.0 Å². The van der Waals surface area contributed by atoms with Crippen molar-refractivity contribution in [3.05, 3.63) is 28.6 Å². The molecule has 0 spiro atoms. The number of hydrogen-bond acceptors (Lipinski definition) is 5. The smallest absolute Gasteiger partial charge is 0.191 e. The molecule has 0 saturated heterocycles. The summed E-state index contributed by atoms with van der Waals surface area (Å²) in [7, 11) is 5.68. The molecule has 0 amide bonds. The first-order valence-corrected chi connectivity index (χ1v) is 9.91. The lowest BCUT2D eigenvalue weighted by molar-refractivity contribution is 0.195. The Morgan fingerprint density at radius 3 is 2.48 bits per heavy atom. The van der Waals surface area contributed by atoms with Crippen LogP contribution in [-0.4, -0.2) is 50.8 Å². The second-order valence-corrected chi connectivity index (χ2v) is 6.72. The lowest BCUT2D eigenvalue weighted by Gasteiger charge is -2.13. The number of rotatable bonds is 10. The number of hydrogen-bond donors (Lipinski definition) is 2. The van der Waals surface area contributed by atoms with Crippen LogP contribution in [-0.2, 0) is 44.8 Å². The molecule has 0 unspecified atom stereocenters. The minimum Gasteiger partial charge on any atom is -0.385 e. The molecular weight excluding hydrogens is 483 g/mol. The average molecular weight is 518 g/mol. The molecule has 0 fully saturated rings. The summed E-state index contributed by atoms with van der Waals surface area (Å²) < 4.78 is 9.08. The maximum atomic E-state index is 5.13. The quantitative estimate of drug-likeness (QED) is 0.216. The van der Waals surface area contributed by atoms with Crippen molar-refractivity contribution in [1.82, 2.24) is 35.2 Å². The molecule has 10 heteroatoms. The zero-order valence-corrected chi connectivity index (χ0v) is 20.8. The molecule has 2 N–H and O–H groups in total. The van der Waals surface area contributed by atoms with Crippen LogP contribution in [0.4, 0.5) is 0 Å². The van der Waals surface area contributed by atoms with Gasteiger partial charge >= 0.3 is 0 Å². The summed E-state index contributed by atoms with van der Waals surface area (Å²) >= 11 is 0. The fourth-order valence-electron chi connectivity index (χ4n) is 3.10. The molecule has 0 aliphatic rings. The van der Waals surface area contributed by atoms with Crippen LogP contribution < -0.4 is 10.6 Å². The zero-order valence-electron chi connectivity index (χ0n) is 18.4. The predicted octanol–water partition coefficient (Wildman–Crippen LogP) is 1.87. The fraction of sp³-hybridized carbons (Fsp3) is 0.684. The second kappa shape index (κ2) is 12.8. The second-order valence-electron chi connectivity index (χ2n) is 6.72. The number of nitrogens with one attached hydrogen (secondary N) is 2. The summed E-state index contributed by atoms with van der Waals surface area (Å²) in [6.45, 7) is 8.88. The zero-order chi connectivity index (χ0) is 20.5. The Labute approximate surface area is 190 Å². The predicted molar refractivity (Wildman–Crippen MR) is 126 cm³/mol. The van der Waals surface area contributed by atoms with Gasteiger partial charge in [0.15, 0.2) is 11.8 Å². The van der Waals surface area contributed by atoms with Crippen molar-refractivity contribution in [3.63, 3.8) is 0 Å². The topological polar surface area (TPSA) is 94.2 Å². The SMILES string of the molecule is CCc1nn(C)c(CC)c1CN=C(NCCCOC)NCc1nnc(C)n1C.I. The van der Waals surface area contributed by atoms with E-state index >= 15 is 0 Å². The van der Waals surface area contributed by atoms with Gasteiger partial charge in [0.05, 0.1) is 18.8 Å². The molecule has 29 heavy (non-hydrogen) atoms. The van der Waals surface area contributed by atoms with Crippen molar-refractivity contribution in [3.8, 4) is 0 Å². The monoisotopic (exact) mass is 518 g/mol. The molecule has 2 aromatic heterocycles. The maximum absolute atomic E-state index is 5.13. The van der Waals surface area contributed by atoms with Crippen LogP contribution in [0.5, 0.6) is 0 Å². The van der Waals surface area contributed by atoms with E-state index in [0.29, 0.717) is 19.7 Å². The van der Waals surface area contributed by atoms with Gasteiger partial charge in [-0.15, -0.1) is 34.2 Å². The van der Waals surface area contributed by atoms with E-state index in [4.69, 9.17) is 9.73 Å². The van der Waals surface area contributed by atoms with Crippen LogP contribution in [0.2, 0.25) is 0 Å². The Balaban J connectivity index is 0.00000420. The molecule has 0 bridgehead atoms. The Morgan fingerprint density at radius 1 is 1.14 bits per heavy atom. The van der Waals surface area contributed by atoms with Gasteiger partial charge in [-0.3, -0.25) is 4.68 Å². The van der Waals surface area contributed by atoms with Crippen LogP contribution in [0.1, 0.15) is 48.9 Å². The Kier molecular flexibility index (Phi) is 11.2. The Bertz CT molecular complexity index is 784. The van der Waals surface area contributed by atoms with Gasteiger partial charge in [0.25, 0.3) is 0 Å². The van der Waals surface area contributed by atoms with Gasteiger partial charge in [-0.25, -0.2) is 4.99 Å². The fourth-order valence-corrected chi connectivity index (χ4v) is 3.10.